The molecule has 0 saturated heterocycles. The maximum Gasteiger partial charge on any atom is 0.416 e. The zero-order chi connectivity index (χ0) is 13.9. The maximum absolute atomic E-state index is 12.6. The molecule has 0 aliphatic carbocycles. The van der Waals surface area contributed by atoms with E-state index in [-0.39, 0.29) is 0 Å². The van der Waals surface area contributed by atoms with Crippen LogP contribution in [0.25, 0.3) is 0 Å². The molecule has 0 aliphatic heterocycles. The third-order valence-electron chi connectivity index (χ3n) is 2.90. The SMILES string of the molecule is FC(F)(F)c1ccc(Cl)c(CCc2ccccc2)c1. The standard InChI is InChI=1S/C15H12ClF3/c16-14-9-8-13(15(17,18)19)10-12(14)7-6-11-4-2-1-3-5-11/h1-5,8-10H,6-7H2. The normalized spacial score (nSPS) is 11.6. The van der Waals surface area contributed by atoms with Crippen LogP contribution in [-0.2, 0) is 19.0 Å². The first kappa shape index (κ1) is 13.9. The fourth-order valence-electron chi connectivity index (χ4n) is 1.87. The highest BCUT2D eigenvalue weighted by Gasteiger charge is 2.30. The molecule has 0 fully saturated rings. The first-order valence-corrected chi connectivity index (χ1v) is 6.24. The van der Waals surface area contributed by atoms with Gasteiger partial charge in [-0.05, 0) is 42.2 Å². The second-order valence-corrected chi connectivity index (χ2v) is 4.70. The van der Waals surface area contributed by atoms with E-state index in [1.54, 1.807) is 0 Å². The second-order valence-electron chi connectivity index (χ2n) is 4.29. The Kier molecular flexibility index (Phi) is 4.15. The average molecular weight is 285 g/mol. The largest absolute Gasteiger partial charge is 0.416 e. The first-order valence-electron chi connectivity index (χ1n) is 5.86. The van der Waals surface area contributed by atoms with Crippen LogP contribution in [0.5, 0.6) is 0 Å². The summed E-state index contributed by atoms with van der Waals surface area (Å²) >= 11 is 5.95. The van der Waals surface area contributed by atoms with Crippen LogP contribution in [-0.4, -0.2) is 0 Å². The lowest BCUT2D eigenvalue weighted by Gasteiger charge is -2.10. The Balaban J connectivity index is 2.16. The van der Waals surface area contributed by atoms with Gasteiger partial charge in [0.15, 0.2) is 0 Å². The van der Waals surface area contributed by atoms with Gasteiger partial charge in [-0.2, -0.15) is 13.2 Å². The summed E-state index contributed by atoms with van der Waals surface area (Å²) in [5.74, 6) is 0. The highest BCUT2D eigenvalue weighted by Crippen LogP contribution is 2.32. The van der Waals surface area contributed by atoms with Crippen molar-refractivity contribution in [1.29, 1.82) is 0 Å². The van der Waals surface area contributed by atoms with Gasteiger partial charge in [-0.15, -0.1) is 0 Å². The first-order chi connectivity index (χ1) is 8.97. The molecule has 0 bridgehead atoms. The van der Waals surface area contributed by atoms with Crippen molar-refractivity contribution in [3.63, 3.8) is 0 Å². The monoisotopic (exact) mass is 284 g/mol. The molecule has 100 valence electrons. The van der Waals surface area contributed by atoms with Crippen molar-refractivity contribution in [2.45, 2.75) is 19.0 Å². The number of alkyl halides is 3. The van der Waals surface area contributed by atoms with Crippen molar-refractivity contribution >= 4 is 11.6 Å². The predicted molar refractivity (Wildman–Crippen MR) is 70.3 cm³/mol. The van der Waals surface area contributed by atoms with Crippen molar-refractivity contribution in [2.75, 3.05) is 0 Å². The van der Waals surface area contributed by atoms with Gasteiger partial charge in [0.1, 0.15) is 0 Å². The minimum absolute atomic E-state index is 0.379. The van der Waals surface area contributed by atoms with Crippen molar-refractivity contribution in [1.82, 2.24) is 0 Å². The Morgan fingerprint density at radius 1 is 0.895 bits per heavy atom. The van der Waals surface area contributed by atoms with E-state index in [9.17, 15) is 13.2 Å². The summed E-state index contributed by atoms with van der Waals surface area (Å²) < 4.78 is 37.9. The van der Waals surface area contributed by atoms with Gasteiger partial charge in [-0.1, -0.05) is 41.9 Å². The lowest BCUT2D eigenvalue weighted by Crippen LogP contribution is -2.06. The molecule has 0 atom stereocenters. The lowest BCUT2D eigenvalue weighted by atomic mass is 10.0. The van der Waals surface area contributed by atoms with Crippen LogP contribution in [0.2, 0.25) is 5.02 Å². The maximum atomic E-state index is 12.6. The number of hydrogen-bond acceptors (Lipinski definition) is 0. The molecule has 0 spiro atoms. The van der Waals surface area contributed by atoms with Crippen LogP contribution < -0.4 is 0 Å². The minimum Gasteiger partial charge on any atom is -0.166 e. The highest BCUT2D eigenvalue weighted by atomic mass is 35.5. The smallest absolute Gasteiger partial charge is 0.166 e. The fraction of sp³-hybridized carbons (Fsp3) is 0.200. The Labute approximate surface area is 114 Å². The van der Waals surface area contributed by atoms with Crippen LogP contribution in [0.15, 0.2) is 48.5 Å². The van der Waals surface area contributed by atoms with E-state index in [1.165, 1.54) is 6.07 Å². The van der Waals surface area contributed by atoms with Crippen molar-refractivity contribution in [3.8, 4) is 0 Å². The average Bonchev–Trinajstić information content (AvgIpc) is 2.37. The molecule has 0 N–H and O–H groups in total. The summed E-state index contributed by atoms with van der Waals surface area (Å²) in [5, 5.41) is 0.379. The molecule has 4 heteroatoms. The Hall–Kier alpha value is -1.48. The van der Waals surface area contributed by atoms with E-state index in [0.29, 0.717) is 23.4 Å². The quantitative estimate of drug-likeness (QED) is 0.732. The highest BCUT2D eigenvalue weighted by molar-refractivity contribution is 6.31. The Bertz CT molecular complexity index is 547. The Morgan fingerprint density at radius 2 is 1.58 bits per heavy atom. The van der Waals surface area contributed by atoms with Crippen LogP contribution in [0.4, 0.5) is 13.2 Å². The van der Waals surface area contributed by atoms with E-state index < -0.39 is 11.7 Å². The van der Waals surface area contributed by atoms with E-state index >= 15 is 0 Å². The van der Waals surface area contributed by atoms with Crippen LogP contribution >= 0.6 is 11.6 Å². The minimum atomic E-state index is -4.33. The molecule has 2 rings (SSSR count). The van der Waals surface area contributed by atoms with Crippen molar-refractivity contribution < 1.29 is 13.2 Å². The van der Waals surface area contributed by atoms with E-state index in [2.05, 4.69) is 0 Å². The lowest BCUT2D eigenvalue weighted by molar-refractivity contribution is -0.137. The number of benzene rings is 2. The number of halogens is 4. The van der Waals surface area contributed by atoms with Gasteiger partial charge in [0.2, 0.25) is 0 Å². The molecule has 0 aliphatic rings. The molecule has 0 aromatic heterocycles. The number of hydrogen-bond donors (Lipinski definition) is 0. The number of aryl methyl sites for hydroxylation is 2. The van der Waals surface area contributed by atoms with Gasteiger partial charge in [-0.3, -0.25) is 0 Å². The molecular formula is C15H12ClF3. The summed E-state index contributed by atoms with van der Waals surface area (Å²) in [6.45, 7) is 0. The van der Waals surface area contributed by atoms with Gasteiger partial charge in [0.05, 0.1) is 5.56 Å². The van der Waals surface area contributed by atoms with Crippen molar-refractivity contribution in [2.24, 2.45) is 0 Å². The van der Waals surface area contributed by atoms with Gasteiger partial charge in [0.25, 0.3) is 0 Å². The Morgan fingerprint density at radius 3 is 2.21 bits per heavy atom. The van der Waals surface area contributed by atoms with Gasteiger partial charge in [-0.25, -0.2) is 0 Å². The number of rotatable bonds is 3. The molecule has 2 aromatic carbocycles. The third-order valence-corrected chi connectivity index (χ3v) is 3.27. The summed E-state index contributed by atoms with van der Waals surface area (Å²) in [5.41, 5.74) is 0.955. The predicted octanol–water partition coefficient (Wildman–Crippen LogP) is 5.14. The molecule has 2 aromatic rings. The zero-order valence-electron chi connectivity index (χ0n) is 10.0. The van der Waals surface area contributed by atoms with Gasteiger partial charge in [0, 0.05) is 5.02 Å². The molecule has 19 heavy (non-hydrogen) atoms. The van der Waals surface area contributed by atoms with Crippen LogP contribution in [0, 0.1) is 0 Å². The zero-order valence-corrected chi connectivity index (χ0v) is 10.8. The van der Waals surface area contributed by atoms with E-state index in [0.717, 1.165) is 17.7 Å². The summed E-state index contributed by atoms with van der Waals surface area (Å²) in [6.07, 6.45) is -3.17. The molecule has 0 amide bonds. The molecule has 0 radical (unpaired) electrons. The molecule has 0 nitrogen and oxygen atoms in total. The van der Waals surface area contributed by atoms with Crippen LogP contribution in [0.3, 0.4) is 0 Å². The summed E-state index contributed by atoms with van der Waals surface area (Å²) in [4.78, 5) is 0. The van der Waals surface area contributed by atoms with Gasteiger partial charge >= 0.3 is 6.18 Å². The molecular weight excluding hydrogens is 273 g/mol. The fourth-order valence-corrected chi connectivity index (χ4v) is 2.08. The third kappa shape index (κ3) is 3.74. The topological polar surface area (TPSA) is 0 Å². The molecule has 0 saturated carbocycles. The van der Waals surface area contributed by atoms with E-state index in [4.69, 9.17) is 11.6 Å². The van der Waals surface area contributed by atoms with Crippen molar-refractivity contribution in [3.05, 3.63) is 70.2 Å². The summed E-state index contributed by atoms with van der Waals surface area (Å²) in [6, 6.07) is 13.1. The second kappa shape index (κ2) is 5.66. The van der Waals surface area contributed by atoms with E-state index in [1.807, 2.05) is 30.3 Å². The summed E-state index contributed by atoms with van der Waals surface area (Å²) in [7, 11) is 0. The molecule has 0 heterocycles. The van der Waals surface area contributed by atoms with Crippen LogP contribution in [0.1, 0.15) is 16.7 Å². The molecule has 0 unspecified atom stereocenters. The van der Waals surface area contributed by atoms with Gasteiger partial charge < -0.3 is 0 Å².